The average molecular weight is 411 g/mol. The van der Waals surface area contributed by atoms with Gasteiger partial charge in [0, 0.05) is 23.8 Å². The molecule has 0 aliphatic carbocycles. The second-order valence-electron chi connectivity index (χ2n) is 6.63. The van der Waals surface area contributed by atoms with E-state index in [1.807, 2.05) is 19.1 Å². The maximum Gasteiger partial charge on any atom is 0.264 e. The molecule has 0 spiro atoms. The van der Waals surface area contributed by atoms with Gasteiger partial charge >= 0.3 is 0 Å². The van der Waals surface area contributed by atoms with Gasteiger partial charge in [-0.3, -0.25) is 9.79 Å². The molecule has 2 aromatic carbocycles. The molecule has 0 saturated heterocycles. The molecule has 1 N–H and O–H groups in total. The van der Waals surface area contributed by atoms with E-state index in [1.165, 1.54) is 18.3 Å². The summed E-state index contributed by atoms with van der Waals surface area (Å²) in [5, 5.41) is 3.73. The molecule has 0 atom stereocenters. The Morgan fingerprint density at radius 3 is 2.31 bits per heavy atom. The molecule has 0 aliphatic rings. The third-order valence-electron chi connectivity index (χ3n) is 4.42. The van der Waals surface area contributed by atoms with Crippen molar-refractivity contribution in [2.45, 2.75) is 32.1 Å². The van der Waals surface area contributed by atoms with Crippen LogP contribution in [-0.4, -0.2) is 25.6 Å². The summed E-state index contributed by atoms with van der Waals surface area (Å²) in [6, 6.07) is 13.4. The van der Waals surface area contributed by atoms with Crippen molar-refractivity contribution >= 4 is 33.6 Å². The molecule has 0 bridgehead atoms. The van der Waals surface area contributed by atoms with E-state index in [-0.39, 0.29) is 23.0 Å². The average Bonchev–Trinajstić information content (AvgIpc) is 3.00. The number of hydrogen-bond acceptors (Lipinski definition) is 6. The molecule has 0 aliphatic heterocycles. The fourth-order valence-electron chi connectivity index (χ4n) is 2.49. The highest BCUT2D eigenvalue weighted by molar-refractivity contribution is 7.92. The predicted molar refractivity (Wildman–Crippen MR) is 112 cm³/mol. The summed E-state index contributed by atoms with van der Waals surface area (Å²) in [5.74, 6) is 0.0640. The third-order valence-corrected chi connectivity index (χ3v) is 5.77. The van der Waals surface area contributed by atoms with E-state index < -0.39 is 10.0 Å². The van der Waals surface area contributed by atoms with Crippen LogP contribution in [0.1, 0.15) is 33.6 Å². The van der Waals surface area contributed by atoms with Gasteiger partial charge in [0.05, 0.1) is 16.3 Å². The first-order valence-electron chi connectivity index (χ1n) is 8.94. The lowest BCUT2D eigenvalue weighted by Gasteiger charge is -2.06. The number of nitrogens with zero attached hydrogens (tertiary/aromatic N) is 2. The van der Waals surface area contributed by atoms with Crippen LogP contribution in [0.25, 0.3) is 0 Å². The molecule has 8 heteroatoms. The van der Waals surface area contributed by atoms with Gasteiger partial charge in [-0.2, -0.15) is 0 Å². The number of anilines is 1. The Bertz CT molecular complexity index is 1150. The Hall–Kier alpha value is -3.26. The highest BCUT2D eigenvalue weighted by Gasteiger charge is 2.19. The van der Waals surface area contributed by atoms with E-state index in [2.05, 4.69) is 14.9 Å². The molecule has 0 unspecified atom stereocenters. The number of carbonyl (C=O) groups excluding carboxylic acids is 1. The van der Waals surface area contributed by atoms with Crippen molar-refractivity contribution in [2.75, 3.05) is 4.72 Å². The van der Waals surface area contributed by atoms with Gasteiger partial charge < -0.3 is 4.52 Å². The summed E-state index contributed by atoms with van der Waals surface area (Å²) in [6.45, 7) is 5.41. The number of aliphatic imine (C=N–C) groups is 1. The van der Waals surface area contributed by atoms with Gasteiger partial charge in [-0.1, -0.05) is 35.0 Å². The molecule has 3 aromatic rings. The van der Waals surface area contributed by atoms with E-state index in [4.69, 9.17) is 4.52 Å². The van der Waals surface area contributed by atoms with Crippen molar-refractivity contribution in [3.05, 3.63) is 70.9 Å². The normalized spacial score (nSPS) is 11.7. The van der Waals surface area contributed by atoms with Gasteiger partial charge in [-0.25, -0.2) is 13.1 Å². The minimum absolute atomic E-state index is 0.0325. The number of carbonyl (C=O) groups is 1. The van der Waals surface area contributed by atoms with E-state index in [0.717, 1.165) is 5.56 Å². The molecule has 0 fully saturated rings. The minimum Gasteiger partial charge on any atom is -0.337 e. The number of sulfonamides is 1. The quantitative estimate of drug-likeness (QED) is 0.459. The molecule has 3 rings (SSSR count). The van der Waals surface area contributed by atoms with Crippen LogP contribution >= 0.6 is 0 Å². The Morgan fingerprint density at radius 2 is 1.72 bits per heavy atom. The molecular weight excluding hydrogens is 390 g/mol. The Kier molecular flexibility index (Phi) is 5.93. The molecule has 7 nitrogen and oxygen atoms in total. The number of benzene rings is 2. The molecule has 0 amide bonds. The van der Waals surface area contributed by atoms with Crippen LogP contribution in [0.3, 0.4) is 0 Å². The number of ketones is 1. The van der Waals surface area contributed by atoms with Crippen LogP contribution in [0.15, 0.2) is 62.9 Å². The Morgan fingerprint density at radius 1 is 1.07 bits per heavy atom. The zero-order chi connectivity index (χ0) is 21.0. The van der Waals surface area contributed by atoms with Crippen LogP contribution in [0.2, 0.25) is 0 Å². The number of hydrogen-bond donors (Lipinski definition) is 1. The maximum absolute atomic E-state index is 12.5. The SMILES string of the molecule is Cc1ccc(C(=O)CC=Nc2ccc(S(=O)(=O)Nc3onc(C)c3C)cc2)cc1. The van der Waals surface area contributed by atoms with Crippen molar-refractivity contribution in [3.63, 3.8) is 0 Å². The fraction of sp³-hybridized carbons (Fsp3) is 0.190. The first kappa shape index (κ1) is 20.5. The fourth-order valence-corrected chi connectivity index (χ4v) is 3.54. The molecule has 0 radical (unpaired) electrons. The van der Waals surface area contributed by atoms with Gasteiger partial charge in [0.2, 0.25) is 5.88 Å². The van der Waals surface area contributed by atoms with Crippen LogP contribution in [0, 0.1) is 20.8 Å². The van der Waals surface area contributed by atoms with Crippen LogP contribution < -0.4 is 4.72 Å². The smallest absolute Gasteiger partial charge is 0.264 e. The summed E-state index contributed by atoms with van der Waals surface area (Å²) < 4.78 is 32.3. The first-order chi connectivity index (χ1) is 13.8. The second-order valence-corrected chi connectivity index (χ2v) is 8.31. The van der Waals surface area contributed by atoms with Gasteiger partial charge in [0.1, 0.15) is 0 Å². The molecule has 1 heterocycles. The van der Waals surface area contributed by atoms with Gasteiger partial charge in [0.15, 0.2) is 5.78 Å². The van der Waals surface area contributed by atoms with Crippen molar-refractivity contribution in [2.24, 2.45) is 4.99 Å². The predicted octanol–water partition coefficient (Wildman–Crippen LogP) is 4.38. The molecule has 150 valence electrons. The molecule has 29 heavy (non-hydrogen) atoms. The summed E-state index contributed by atoms with van der Waals surface area (Å²) in [5.41, 5.74) is 3.52. The molecule has 0 saturated carbocycles. The van der Waals surface area contributed by atoms with Crippen molar-refractivity contribution < 1.29 is 17.7 Å². The standard InChI is InChI=1S/C21H21N3O4S/c1-14-4-6-17(7-5-14)20(25)12-13-22-18-8-10-19(11-9-18)29(26,27)24-21-15(2)16(3)23-28-21/h4-11,13,24H,12H2,1-3H3. The number of rotatable bonds is 7. The van der Waals surface area contributed by atoms with Crippen LogP contribution in [0.4, 0.5) is 11.6 Å². The number of nitrogens with one attached hydrogen (secondary N) is 1. The van der Waals surface area contributed by atoms with E-state index in [1.54, 1.807) is 38.1 Å². The van der Waals surface area contributed by atoms with Crippen LogP contribution in [-0.2, 0) is 10.0 Å². The lowest BCUT2D eigenvalue weighted by atomic mass is 10.1. The highest BCUT2D eigenvalue weighted by atomic mass is 32.2. The molecular formula is C21H21N3O4S. The maximum atomic E-state index is 12.5. The van der Waals surface area contributed by atoms with E-state index >= 15 is 0 Å². The summed E-state index contributed by atoms with van der Waals surface area (Å²) in [7, 11) is -3.80. The zero-order valence-corrected chi connectivity index (χ0v) is 17.2. The van der Waals surface area contributed by atoms with Gasteiger partial charge in [-0.15, -0.1) is 0 Å². The van der Waals surface area contributed by atoms with Crippen molar-refractivity contribution in [3.8, 4) is 0 Å². The monoisotopic (exact) mass is 411 g/mol. The van der Waals surface area contributed by atoms with Gasteiger partial charge in [0.25, 0.3) is 10.0 Å². The van der Waals surface area contributed by atoms with Gasteiger partial charge in [-0.05, 0) is 45.0 Å². The lowest BCUT2D eigenvalue weighted by Crippen LogP contribution is -2.13. The number of aromatic nitrogens is 1. The summed E-state index contributed by atoms with van der Waals surface area (Å²) >= 11 is 0. The van der Waals surface area contributed by atoms with Crippen molar-refractivity contribution in [1.82, 2.24) is 5.16 Å². The second kappa shape index (κ2) is 8.40. The number of Topliss-reactive ketones (excluding diaryl/α,β-unsaturated/α-hetero) is 1. The zero-order valence-electron chi connectivity index (χ0n) is 16.3. The van der Waals surface area contributed by atoms with E-state index in [9.17, 15) is 13.2 Å². The van der Waals surface area contributed by atoms with Crippen molar-refractivity contribution in [1.29, 1.82) is 0 Å². The van der Waals surface area contributed by atoms with E-state index in [0.29, 0.717) is 22.5 Å². The topological polar surface area (TPSA) is 102 Å². The molecule has 1 aromatic heterocycles. The summed E-state index contributed by atoms with van der Waals surface area (Å²) in [6.07, 6.45) is 1.68. The summed E-state index contributed by atoms with van der Waals surface area (Å²) in [4.78, 5) is 16.4. The first-order valence-corrected chi connectivity index (χ1v) is 10.4. The third kappa shape index (κ3) is 4.97. The lowest BCUT2D eigenvalue weighted by molar-refractivity contribution is 0.100. The van der Waals surface area contributed by atoms with Crippen LogP contribution in [0.5, 0.6) is 0 Å². The number of aryl methyl sites for hydroxylation is 2. The highest BCUT2D eigenvalue weighted by Crippen LogP contribution is 2.23. The Labute approximate surface area is 169 Å². The largest absolute Gasteiger partial charge is 0.337 e. The Balaban J connectivity index is 1.64. The minimum atomic E-state index is -3.80.